The number of benzene rings is 1. The largest absolute Gasteiger partial charge is 0.489 e. The second-order valence-electron chi connectivity index (χ2n) is 4.29. The molecule has 1 heterocycles. The number of halogens is 1. The van der Waals surface area contributed by atoms with Gasteiger partial charge in [0, 0.05) is 6.54 Å². The topological polar surface area (TPSA) is 38.3 Å². The lowest BCUT2D eigenvalue weighted by Crippen LogP contribution is -2.30. The van der Waals surface area contributed by atoms with Crippen LogP contribution in [0.3, 0.4) is 0 Å². The number of hydrogen-bond acceptors (Lipinski definition) is 2. The standard InChI is InChI=1S/C14H16FNO2/c1-2-10(7-15)9-18-13-4-3-11-8-16-14(17)6-12(11)5-13/h3-5,7H,2,6,8-9H2,1H3,(H,16,17)/b10-7-. The van der Waals surface area contributed by atoms with Gasteiger partial charge in [0.15, 0.2) is 0 Å². The van der Waals surface area contributed by atoms with E-state index in [0.29, 0.717) is 37.0 Å². The number of hydrogen-bond donors (Lipinski definition) is 1. The smallest absolute Gasteiger partial charge is 0.224 e. The lowest BCUT2D eigenvalue weighted by molar-refractivity contribution is -0.121. The van der Waals surface area contributed by atoms with Gasteiger partial charge in [0.25, 0.3) is 0 Å². The molecular weight excluding hydrogens is 233 g/mol. The Morgan fingerprint density at radius 3 is 3.06 bits per heavy atom. The molecule has 1 aromatic carbocycles. The van der Waals surface area contributed by atoms with E-state index >= 15 is 0 Å². The summed E-state index contributed by atoms with van der Waals surface area (Å²) in [4.78, 5) is 11.3. The highest BCUT2D eigenvalue weighted by molar-refractivity contribution is 5.80. The minimum absolute atomic E-state index is 0.0255. The Balaban J connectivity index is 2.07. The number of nitrogens with one attached hydrogen (secondary N) is 1. The van der Waals surface area contributed by atoms with Crippen molar-refractivity contribution in [2.45, 2.75) is 26.3 Å². The molecule has 1 aliphatic heterocycles. The summed E-state index contributed by atoms with van der Waals surface area (Å²) in [5.74, 6) is 0.703. The SMILES string of the molecule is CC/C(=C/F)COc1ccc2c(c1)CC(=O)NC2. The Labute approximate surface area is 106 Å². The van der Waals surface area contributed by atoms with Crippen molar-refractivity contribution in [1.82, 2.24) is 5.32 Å². The third-order valence-electron chi connectivity index (χ3n) is 3.04. The molecule has 0 aliphatic carbocycles. The Kier molecular flexibility index (Phi) is 3.97. The van der Waals surface area contributed by atoms with E-state index in [2.05, 4.69) is 5.32 Å². The van der Waals surface area contributed by atoms with Gasteiger partial charge in [-0.2, -0.15) is 0 Å². The zero-order valence-electron chi connectivity index (χ0n) is 10.3. The van der Waals surface area contributed by atoms with Gasteiger partial charge in [0.2, 0.25) is 5.91 Å². The molecule has 1 amide bonds. The molecule has 0 unspecified atom stereocenters. The van der Waals surface area contributed by atoms with E-state index < -0.39 is 0 Å². The molecule has 0 aromatic heterocycles. The molecule has 0 saturated carbocycles. The van der Waals surface area contributed by atoms with Crippen molar-refractivity contribution in [3.05, 3.63) is 41.2 Å². The van der Waals surface area contributed by atoms with Crippen molar-refractivity contribution in [3.8, 4) is 5.75 Å². The quantitative estimate of drug-likeness (QED) is 0.890. The second-order valence-corrected chi connectivity index (χ2v) is 4.29. The predicted molar refractivity (Wildman–Crippen MR) is 67.0 cm³/mol. The molecule has 2 rings (SSSR count). The first-order valence-corrected chi connectivity index (χ1v) is 6.02. The molecule has 0 fully saturated rings. The van der Waals surface area contributed by atoms with E-state index in [1.807, 2.05) is 25.1 Å². The van der Waals surface area contributed by atoms with E-state index in [1.165, 1.54) is 0 Å². The first-order chi connectivity index (χ1) is 8.72. The maximum Gasteiger partial charge on any atom is 0.224 e. The van der Waals surface area contributed by atoms with Crippen molar-refractivity contribution in [2.75, 3.05) is 6.61 Å². The van der Waals surface area contributed by atoms with Crippen LogP contribution in [0.15, 0.2) is 30.1 Å². The average Bonchev–Trinajstić information content (AvgIpc) is 2.39. The van der Waals surface area contributed by atoms with Crippen LogP contribution in [-0.2, 0) is 17.8 Å². The summed E-state index contributed by atoms with van der Waals surface area (Å²) in [6.45, 7) is 2.70. The fourth-order valence-electron chi connectivity index (χ4n) is 1.85. The van der Waals surface area contributed by atoms with Crippen LogP contribution in [0, 0.1) is 0 Å². The third kappa shape index (κ3) is 2.88. The van der Waals surface area contributed by atoms with Gasteiger partial charge in [-0.3, -0.25) is 4.79 Å². The van der Waals surface area contributed by atoms with Gasteiger partial charge in [-0.05, 0) is 35.3 Å². The van der Waals surface area contributed by atoms with E-state index in [-0.39, 0.29) is 12.5 Å². The molecule has 96 valence electrons. The van der Waals surface area contributed by atoms with Gasteiger partial charge < -0.3 is 10.1 Å². The Morgan fingerprint density at radius 2 is 2.33 bits per heavy atom. The van der Waals surface area contributed by atoms with Crippen LogP contribution in [-0.4, -0.2) is 12.5 Å². The molecule has 0 saturated heterocycles. The summed E-state index contributed by atoms with van der Waals surface area (Å²) >= 11 is 0. The van der Waals surface area contributed by atoms with Gasteiger partial charge in [-0.15, -0.1) is 0 Å². The Morgan fingerprint density at radius 1 is 1.50 bits per heavy atom. The van der Waals surface area contributed by atoms with Gasteiger partial charge in [-0.1, -0.05) is 13.0 Å². The predicted octanol–water partition coefficient (Wildman–Crippen LogP) is 2.50. The van der Waals surface area contributed by atoms with Gasteiger partial charge in [0.05, 0.1) is 12.8 Å². The minimum Gasteiger partial charge on any atom is -0.489 e. The van der Waals surface area contributed by atoms with Gasteiger partial charge in [-0.25, -0.2) is 4.39 Å². The Bertz CT molecular complexity index is 483. The number of carbonyl (C=O) groups is 1. The first-order valence-electron chi connectivity index (χ1n) is 6.02. The summed E-state index contributed by atoms with van der Waals surface area (Å²) in [5, 5.41) is 2.79. The van der Waals surface area contributed by atoms with Crippen LogP contribution in [0.25, 0.3) is 0 Å². The normalized spacial score (nSPS) is 15.0. The van der Waals surface area contributed by atoms with Crippen LogP contribution >= 0.6 is 0 Å². The number of rotatable bonds is 4. The van der Waals surface area contributed by atoms with E-state index in [0.717, 1.165) is 11.1 Å². The number of ether oxygens (including phenoxy) is 1. The maximum atomic E-state index is 12.4. The molecule has 4 heteroatoms. The third-order valence-corrected chi connectivity index (χ3v) is 3.04. The highest BCUT2D eigenvalue weighted by Crippen LogP contribution is 2.21. The molecule has 0 radical (unpaired) electrons. The molecular formula is C14H16FNO2. The first kappa shape index (κ1) is 12.6. The molecule has 0 spiro atoms. The molecule has 0 atom stereocenters. The molecule has 1 aromatic rings. The summed E-state index contributed by atoms with van der Waals surface area (Å²) in [6, 6.07) is 5.65. The van der Waals surface area contributed by atoms with E-state index in [1.54, 1.807) is 0 Å². The van der Waals surface area contributed by atoms with Crippen molar-refractivity contribution in [3.63, 3.8) is 0 Å². The summed E-state index contributed by atoms with van der Waals surface area (Å²) in [6.07, 6.45) is 1.60. The molecule has 1 aliphatic rings. The summed E-state index contributed by atoms with van der Waals surface area (Å²) < 4.78 is 17.9. The number of carbonyl (C=O) groups excluding carboxylic acids is 1. The lowest BCUT2D eigenvalue weighted by Gasteiger charge is -2.17. The highest BCUT2D eigenvalue weighted by atomic mass is 19.1. The molecule has 1 N–H and O–H groups in total. The maximum absolute atomic E-state index is 12.4. The highest BCUT2D eigenvalue weighted by Gasteiger charge is 2.15. The van der Waals surface area contributed by atoms with Crippen LogP contribution < -0.4 is 10.1 Å². The van der Waals surface area contributed by atoms with Crippen molar-refractivity contribution in [2.24, 2.45) is 0 Å². The summed E-state index contributed by atoms with van der Waals surface area (Å²) in [5.41, 5.74) is 2.71. The van der Waals surface area contributed by atoms with Gasteiger partial charge in [0.1, 0.15) is 12.4 Å². The summed E-state index contributed by atoms with van der Waals surface area (Å²) in [7, 11) is 0. The lowest BCUT2D eigenvalue weighted by atomic mass is 10.0. The Hall–Kier alpha value is -1.84. The molecule has 18 heavy (non-hydrogen) atoms. The van der Waals surface area contributed by atoms with Gasteiger partial charge >= 0.3 is 0 Å². The average molecular weight is 249 g/mol. The zero-order chi connectivity index (χ0) is 13.0. The number of amides is 1. The van der Waals surface area contributed by atoms with Crippen molar-refractivity contribution in [1.29, 1.82) is 0 Å². The monoisotopic (exact) mass is 249 g/mol. The van der Waals surface area contributed by atoms with Crippen molar-refractivity contribution >= 4 is 5.91 Å². The van der Waals surface area contributed by atoms with E-state index in [4.69, 9.17) is 4.74 Å². The fourth-order valence-corrected chi connectivity index (χ4v) is 1.85. The van der Waals surface area contributed by atoms with Crippen LogP contribution in [0.4, 0.5) is 4.39 Å². The van der Waals surface area contributed by atoms with Crippen LogP contribution in [0.2, 0.25) is 0 Å². The van der Waals surface area contributed by atoms with Crippen LogP contribution in [0.5, 0.6) is 5.75 Å². The second kappa shape index (κ2) is 5.67. The van der Waals surface area contributed by atoms with E-state index in [9.17, 15) is 9.18 Å². The van der Waals surface area contributed by atoms with Crippen LogP contribution in [0.1, 0.15) is 24.5 Å². The van der Waals surface area contributed by atoms with Crippen molar-refractivity contribution < 1.29 is 13.9 Å². The zero-order valence-corrected chi connectivity index (χ0v) is 10.3. The minimum atomic E-state index is 0.0255. The number of fused-ring (bicyclic) bond motifs is 1. The fraction of sp³-hybridized carbons (Fsp3) is 0.357. The molecule has 3 nitrogen and oxygen atoms in total. The molecule has 0 bridgehead atoms.